The summed E-state index contributed by atoms with van der Waals surface area (Å²) >= 11 is 0. The molecule has 1 N–H and O–H groups in total. The highest BCUT2D eigenvalue weighted by Crippen LogP contribution is 2.41. The van der Waals surface area contributed by atoms with Crippen LogP contribution in [0.15, 0.2) is 0 Å². The molecule has 0 radical (unpaired) electrons. The zero-order valence-corrected chi connectivity index (χ0v) is 12.5. The lowest BCUT2D eigenvalue weighted by Gasteiger charge is -2.36. The molecule has 2 atom stereocenters. The maximum atomic E-state index is 4.95. The van der Waals surface area contributed by atoms with Gasteiger partial charge >= 0.3 is 0 Å². The summed E-state index contributed by atoms with van der Waals surface area (Å²) in [5, 5.41) is 3.42. The average molecular weight is 272 g/mol. The van der Waals surface area contributed by atoms with E-state index in [1.54, 1.807) is 0 Å². The van der Waals surface area contributed by atoms with E-state index in [1.165, 1.54) is 42.6 Å². The van der Waals surface area contributed by atoms with Crippen LogP contribution in [-0.4, -0.2) is 40.5 Å². The minimum atomic E-state index is 0.586. The van der Waals surface area contributed by atoms with Crippen molar-refractivity contribution >= 4 is 0 Å². The van der Waals surface area contributed by atoms with Crippen molar-refractivity contribution in [3.05, 3.63) is 22.8 Å². The van der Waals surface area contributed by atoms with E-state index in [0.717, 1.165) is 37.4 Å². The molecule has 4 heteroatoms. The molecule has 0 spiro atoms. The van der Waals surface area contributed by atoms with Gasteiger partial charge in [0.15, 0.2) is 0 Å². The highest BCUT2D eigenvalue weighted by molar-refractivity contribution is 5.28. The summed E-state index contributed by atoms with van der Waals surface area (Å²) in [6.45, 7) is 4.15. The smallest absolute Gasteiger partial charge is 0.132 e. The lowest BCUT2D eigenvalue weighted by atomic mass is 9.90. The summed E-state index contributed by atoms with van der Waals surface area (Å²) in [4.78, 5) is 12.4. The van der Waals surface area contributed by atoms with Crippen LogP contribution in [0.2, 0.25) is 0 Å². The third kappa shape index (κ3) is 1.97. The van der Waals surface area contributed by atoms with E-state index in [-0.39, 0.29) is 0 Å². The number of hydrogen-bond acceptors (Lipinski definition) is 4. The highest BCUT2D eigenvalue weighted by Gasteiger charge is 2.40. The van der Waals surface area contributed by atoms with E-state index >= 15 is 0 Å². The predicted octanol–water partition coefficient (Wildman–Crippen LogP) is 1.77. The molecule has 4 heterocycles. The maximum absolute atomic E-state index is 4.95. The Balaban J connectivity index is 1.64. The molecule has 2 fully saturated rings. The molecule has 4 nitrogen and oxygen atoms in total. The molecule has 20 heavy (non-hydrogen) atoms. The zero-order valence-electron chi connectivity index (χ0n) is 12.5. The summed E-state index contributed by atoms with van der Waals surface area (Å²) < 4.78 is 0. The Morgan fingerprint density at radius 2 is 1.90 bits per heavy atom. The summed E-state index contributed by atoms with van der Waals surface area (Å²) in [5.74, 6) is 1.72. The van der Waals surface area contributed by atoms with Crippen LogP contribution in [-0.2, 0) is 13.0 Å². The maximum Gasteiger partial charge on any atom is 0.132 e. The van der Waals surface area contributed by atoms with E-state index in [1.807, 2.05) is 0 Å². The van der Waals surface area contributed by atoms with Crippen LogP contribution < -0.4 is 5.32 Å². The standard InChI is InChI=1S/C16H24N4/c1-10-14-9-17-6-5-15(14)19-16(18-10)11-7-12-3-4-13(8-11)20(12)2/h11-13,17H,3-9H2,1-2H3. The fourth-order valence-electron chi connectivity index (χ4n) is 4.34. The van der Waals surface area contributed by atoms with Crippen LogP contribution in [0.3, 0.4) is 0 Å². The van der Waals surface area contributed by atoms with Gasteiger partial charge in [0.25, 0.3) is 0 Å². The largest absolute Gasteiger partial charge is 0.312 e. The molecule has 3 aliphatic heterocycles. The Morgan fingerprint density at radius 1 is 1.15 bits per heavy atom. The molecule has 0 aliphatic carbocycles. The molecule has 0 saturated carbocycles. The summed E-state index contributed by atoms with van der Waals surface area (Å²) in [6.07, 6.45) is 6.30. The van der Waals surface area contributed by atoms with Crippen molar-refractivity contribution < 1.29 is 0 Å². The lowest BCUT2D eigenvalue weighted by Crippen LogP contribution is -2.39. The van der Waals surface area contributed by atoms with Crippen molar-refractivity contribution in [2.24, 2.45) is 0 Å². The molecule has 2 unspecified atom stereocenters. The Morgan fingerprint density at radius 3 is 2.65 bits per heavy atom. The molecule has 108 valence electrons. The van der Waals surface area contributed by atoms with Gasteiger partial charge in [-0.3, -0.25) is 0 Å². The molecule has 2 saturated heterocycles. The van der Waals surface area contributed by atoms with Gasteiger partial charge in [0.1, 0.15) is 5.82 Å². The molecule has 0 amide bonds. The summed E-state index contributed by atoms with van der Waals surface area (Å²) in [7, 11) is 2.29. The van der Waals surface area contributed by atoms with Gasteiger partial charge in [0.05, 0.1) is 5.69 Å². The number of rotatable bonds is 1. The molecular formula is C16H24N4. The second-order valence-corrected chi connectivity index (χ2v) is 6.74. The summed E-state index contributed by atoms with van der Waals surface area (Å²) in [5.41, 5.74) is 3.84. The van der Waals surface area contributed by atoms with Gasteiger partial charge in [-0.1, -0.05) is 0 Å². The van der Waals surface area contributed by atoms with Gasteiger partial charge < -0.3 is 10.2 Å². The number of fused-ring (bicyclic) bond motifs is 3. The quantitative estimate of drug-likeness (QED) is 0.846. The van der Waals surface area contributed by atoms with Crippen molar-refractivity contribution in [2.75, 3.05) is 13.6 Å². The number of aryl methyl sites for hydroxylation is 1. The first-order valence-electron chi connectivity index (χ1n) is 8.01. The Bertz CT molecular complexity index is 513. The number of piperidine rings is 1. The van der Waals surface area contributed by atoms with Gasteiger partial charge in [0.2, 0.25) is 0 Å². The number of hydrogen-bond donors (Lipinski definition) is 1. The first kappa shape index (κ1) is 12.7. The van der Waals surface area contributed by atoms with Gasteiger partial charge in [0, 0.05) is 48.8 Å². The number of nitrogens with zero attached hydrogens (tertiary/aromatic N) is 3. The fraction of sp³-hybridized carbons (Fsp3) is 0.750. The van der Waals surface area contributed by atoms with Crippen LogP contribution >= 0.6 is 0 Å². The predicted molar refractivity (Wildman–Crippen MR) is 78.7 cm³/mol. The molecule has 1 aromatic heterocycles. The van der Waals surface area contributed by atoms with E-state index in [4.69, 9.17) is 9.97 Å². The topological polar surface area (TPSA) is 41.1 Å². The molecule has 1 aromatic rings. The van der Waals surface area contributed by atoms with Crippen molar-refractivity contribution in [3.63, 3.8) is 0 Å². The van der Waals surface area contributed by atoms with E-state index in [0.29, 0.717) is 5.92 Å². The van der Waals surface area contributed by atoms with Crippen LogP contribution in [0, 0.1) is 6.92 Å². The molecule has 2 bridgehead atoms. The van der Waals surface area contributed by atoms with Crippen molar-refractivity contribution in [1.82, 2.24) is 20.2 Å². The van der Waals surface area contributed by atoms with Crippen LogP contribution in [0.4, 0.5) is 0 Å². The highest BCUT2D eigenvalue weighted by atomic mass is 15.2. The minimum Gasteiger partial charge on any atom is -0.312 e. The molecule has 0 aromatic carbocycles. The zero-order chi connectivity index (χ0) is 13.7. The van der Waals surface area contributed by atoms with E-state index < -0.39 is 0 Å². The third-order valence-corrected chi connectivity index (χ3v) is 5.62. The number of aromatic nitrogens is 2. The second-order valence-electron chi connectivity index (χ2n) is 6.74. The first-order chi connectivity index (χ1) is 9.72. The van der Waals surface area contributed by atoms with Crippen LogP contribution in [0.5, 0.6) is 0 Å². The van der Waals surface area contributed by atoms with Gasteiger partial charge in [-0.2, -0.15) is 0 Å². The normalized spacial score (nSPS) is 33.2. The van der Waals surface area contributed by atoms with Crippen molar-refractivity contribution in [3.8, 4) is 0 Å². The average Bonchev–Trinajstić information content (AvgIpc) is 2.68. The minimum absolute atomic E-state index is 0.586. The number of nitrogens with one attached hydrogen (secondary N) is 1. The summed E-state index contributed by atoms with van der Waals surface area (Å²) in [6, 6.07) is 1.53. The van der Waals surface area contributed by atoms with Gasteiger partial charge in [-0.25, -0.2) is 9.97 Å². The van der Waals surface area contributed by atoms with Gasteiger partial charge in [-0.05, 0) is 39.7 Å². The van der Waals surface area contributed by atoms with Crippen molar-refractivity contribution in [1.29, 1.82) is 0 Å². The molecule has 3 aliphatic rings. The van der Waals surface area contributed by atoms with E-state index in [9.17, 15) is 0 Å². The van der Waals surface area contributed by atoms with Gasteiger partial charge in [-0.15, -0.1) is 0 Å². The molecule has 4 rings (SSSR count). The molecular weight excluding hydrogens is 248 g/mol. The van der Waals surface area contributed by atoms with Crippen molar-refractivity contribution in [2.45, 2.75) is 63.6 Å². The first-order valence-corrected chi connectivity index (χ1v) is 8.01. The Labute approximate surface area is 121 Å². The SMILES string of the molecule is Cc1nc(C2CC3CCC(C2)N3C)nc2c1CNCC2. The van der Waals surface area contributed by atoms with E-state index in [2.05, 4.69) is 24.2 Å². The lowest BCUT2D eigenvalue weighted by molar-refractivity contribution is 0.158. The fourth-order valence-corrected chi connectivity index (χ4v) is 4.34. The van der Waals surface area contributed by atoms with Crippen LogP contribution in [0.1, 0.15) is 54.4 Å². The second kappa shape index (κ2) is 4.78. The Hall–Kier alpha value is -1.00. The monoisotopic (exact) mass is 272 g/mol. The Kier molecular flexibility index (Phi) is 3.04. The third-order valence-electron chi connectivity index (χ3n) is 5.62. The van der Waals surface area contributed by atoms with Crippen LogP contribution in [0.25, 0.3) is 0 Å².